The van der Waals surface area contributed by atoms with Gasteiger partial charge in [-0.2, -0.15) is 5.10 Å². The normalized spacial score (nSPS) is 21.5. The summed E-state index contributed by atoms with van der Waals surface area (Å²) in [5, 5.41) is 7.68. The highest BCUT2D eigenvalue weighted by Gasteiger charge is 2.51. The molecule has 10 nitrogen and oxygen atoms in total. The Balaban J connectivity index is 1.42. The predicted molar refractivity (Wildman–Crippen MR) is 122 cm³/mol. The number of carbonyl (C=O) groups is 3. The second-order valence-corrected chi connectivity index (χ2v) is 8.77. The van der Waals surface area contributed by atoms with Gasteiger partial charge in [-0.25, -0.2) is 4.98 Å². The van der Waals surface area contributed by atoms with Gasteiger partial charge in [0.2, 0.25) is 11.8 Å². The van der Waals surface area contributed by atoms with Crippen molar-refractivity contribution >= 4 is 40.1 Å². The van der Waals surface area contributed by atoms with Crippen LogP contribution in [0.25, 0.3) is 10.9 Å². The first-order chi connectivity index (χ1) is 15.8. The Bertz CT molecular complexity index is 1280. The molecule has 2 bridgehead atoms. The van der Waals surface area contributed by atoms with Gasteiger partial charge in [-0.05, 0) is 62.4 Å². The molecule has 0 unspecified atom stereocenters. The van der Waals surface area contributed by atoms with E-state index in [1.165, 1.54) is 4.68 Å². The second kappa shape index (κ2) is 7.88. The number of carbonyl (C=O) groups excluding carboxylic acids is 3. The fraction of sp³-hybridized carbons (Fsp3) is 0.348. The van der Waals surface area contributed by atoms with Crippen molar-refractivity contribution in [2.24, 2.45) is 11.7 Å². The summed E-state index contributed by atoms with van der Waals surface area (Å²) < 4.78 is 1.44. The van der Waals surface area contributed by atoms with Gasteiger partial charge in [0.25, 0.3) is 5.91 Å². The van der Waals surface area contributed by atoms with E-state index in [1.807, 2.05) is 19.1 Å². The average molecular weight is 447 g/mol. The minimum Gasteiger partial charge on any atom is -0.399 e. The number of nitrogen functional groups attached to an aromatic ring is 1. The number of nitrogens with one attached hydrogen (secondary N) is 1. The maximum atomic E-state index is 13.5. The van der Waals surface area contributed by atoms with Crippen LogP contribution in [-0.4, -0.2) is 49.5 Å². The zero-order chi connectivity index (χ0) is 23.3. The van der Waals surface area contributed by atoms with E-state index in [4.69, 9.17) is 11.5 Å². The van der Waals surface area contributed by atoms with E-state index in [1.54, 1.807) is 29.2 Å². The minimum absolute atomic E-state index is 0.00576. The number of pyridine rings is 1. The number of aryl methyl sites for hydroxylation is 1. The number of amides is 3. The number of fused-ring (bicyclic) bond motifs is 3. The Kier molecular flexibility index (Phi) is 4.99. The monoisotopic (exact) mass is 447 g/mol. The van der Waals surface area contributed by atoms with Crippen molar-refractivity contribution in [1.29, 1.82) is 0 Å². The lowest BCUT2D eigenvalue weighted by Crippen LogP contribution is -2.52. The van der Waals surface area contributed by atoms with Gasteiger partial charge >= 0.3 is 0 Å². The van der Waals surface area contributed by atoms with E-state index in [2.05, 4.69) is 15.4 Å². The summed E-state index contributed by atoms with van der Waals surface area (Å²) in [6.45, 7) is 1.73. The fourth-order valence-electron chi connectivity index (χ4n) is 5.20. The average Bonchev–Trinajstić information content (AvgIpc) is 3.47. The molecule has 3 heterocycles. The number of aromatic nitrogens is 3. The Labute approximate surface area is 189 Å². The molecule has 2 aliphatic rings. The number of hydrogen-bond acceptors (Lipinski definition) is 6. The van der Waals surface area contributed by atoms with Crippen LogP contribution in [0.3, 0.4) is 0 Å². The van der Waals surface area contributed by atoms with Crippen molar-refractivity contribution < 1.29 is 14.4 Å². The maximum absolute atomic E-state index is 13.5. The van der Waals surface area contributed by atoms with E-state index >= 15 is 0 Å². The fourth-order valence-corrected chi connectivity index (χ4v) is 5.20. The van der Waals surface area contributed by atoms with Crippen LogP contribution in [0.1, 0.15) is 35.4 Å². The summed E-state index contributed by atoms with van der Waals surface area (Å²) in [4.78, 5) is 44.5. The van der Waals surface area contributed by atoms with Crippen molar-refractivity contribution in [1.82, 2.24) is 19.7 Å². The molecule has 1 aliphatic heterocycles. The number of rotatable bonds is 5. The molecule has 0 radical (unpaired) electrons. The van der Waals surface area contributed by atoms with Gasteiger partial charge in [-0.15, -0.1) is 0 Å². The molecule has 1 saturated heterocycles. The third-order valence-corrected chi connectivity index (χ3v) is 6.58. The molecular formula is C23H25N7O3. The summed E-state index contributed by atoms with van der Waals surface area (Å²) in [5.74, 6) is -0.577. The van der Waals surface area contributed by atoms with Crippen molar-refractivity contribution in [3.63, 3.8) is 0 Å². The summed E-state index contributed by atoms with van der Waals surface area (Å²) >= 11 is 0. The zero-order valence-corrected chi connectivity index (χ0v) is 18.2. The minimum atomic E-state index is -0.681. The molecule has 170 valence electrons. The molecule has 33 heavy (non-hydrogen) atoms. The van der Waals surface area contributed by atoms with Crippen molar-refractivity contribution in [2.45, 2.75) is 44.8 Å². The SMILES string of the molecule is Cc1cccc(NC(=O)[C@@H]2[C@H]3CC[C@H](C3)N2C(=O)Cn2nc(C(N)=O)c3ccc(N)cc32)n1. The van der Waals surface area contributed by atoms with Gasteiger partial charge in [0.05, 0.1) is 5.52 Å². The van der Waals surface area contributed by atoms with Crippen LogP contribution in [0, 0.1) is 12.8 Å². The van der Waals surface area contributed by atoms with E-state index in [0.29, 0.717) is 22.4 Å². The lowest BCUT2D eigenvalue weighted by atomic mass is 9.97. The summed E-state index contributed by atoms with van der Waals surface area (Å²) in [6, 6.07) is 9.83. The van der Waals surface area contributed by atoms with E-state index < -0.39 is 11.9 Å². The smallest absolute Gasteiger partial charge is 0.269 e. The maximum Gasteiger partial charge on any atom is 0.269 e. The van der Waals surface area contributed by atoms with Crippen LogP contribution in [0.4, 0.5) is 11.5 Å². The molecule has 1 aliphatic carbocycles. The van der Waals surface area contributed by atoms with Crippen LogP contribution in [-0.2, 0) is 16.1 Å². The van der Waals surface area contributed by atoms with Crippen molar-refractivity contribution in [2.75, 3.05) is 11.1 Å². The molecule has 2 aromatic heterocycles. The quantitative estimate of drug-likeness (QED) is 0.504. The zero-order valence-electron chi connectivity index (χ0n) is 18.2. The number of nitrogens with two attached hydrogens (primary N) is 2. The topological polar surface area (TPSA) is 149 Å². The Morgan fingerprint density at radius 2 is 2.00 bits per heavy atom. The number of hydrogen-bond donors (Lipinski definition) is 3. The third kappa shape index (κ3) is 3.67. The summed E-state index contributed by atoms with van der Waals surface area (Å²) in [6.07, 6.45) is 2.56. The van der Waals surface area contributed by atoms with E-state index in [9.17, 15) is 14.4 Å². The third-order valence-electron chi connectivity index (χ3n) is 6.58. The highest BCUT2D eigenvalue weighted by atomic mass is 16.2. The molecule has 3 atom stereocenters. The number of likely N-dealkylation sites (tertiary alicyclic amines) is 1. The van der Waals surface area contributed by atoms with Crippen molar-refractivity contribution in [3.05, 3.63) is 47.8 Å². The number of primary amides is 1. The first kappa shape index (κ1) is 20.9. The van der Waals surface area contributed by atoms with Crippen LogP contribution < -0.4 is 16.8 Å². The van der Waals surface area contributed by atoms with Gasteiger partial charge < -0.3 is 21.7 Å². The standard InChI is InChI=1S/C23H25N7O3/c1-12-3-2-4-18(26-12)27-23(33)21-13-5-7-15(9-13)30(21)19(31)11-29-17-10-14(24)6-8-16(17)20(28-29)22(25)32/h2-4,6,8,10,13,15,21H,5,7,9,11,24H2,1H3,(H2,25,32)(H,26,27,33)/t13-,15+,21-/m0/s1. The summed E-state index contributed by atoms with van der Waals surface area (Å²) in [7, 11) is 0. The van der Waals surface area contributed by atoms with Gasteiger partial charge in [-0.1, -0.05) is 6.07 Å². The molecule has 0 spiro atoms. The van der Waals surface area contributed by atoms with Crippen LogP contribution in [0.5, 0.6) is 0 Å². The Morgan fingerprint density at radius 1 is 1.18 bits per heavy atom. The summed E-state index contributed by atoms with van der Waals surface area (Å²) in [5.41, 5.74) is 13.3. The molecule has 5 rings (SSSR count). The second-order valence-electron chi connectivity index (χ2n) is 8.77. The number of benzene rings is 1. The molecule has 1 aromatic carbocycles. The predicted octanol–water partition coefficient (Wildman–Crippen LogP) is 1.44. The molecule has 3 aromatic rings. The van der Waals surface area contributed by atoms with E-state index in [-0.39, 0.29) is 36.0 Å². The molecule has 1 saturated carbocycles. The Morgan fingerprint density at radius 3 is 2.76 bits per heavy atom. The van der Waals surface area contributed by atoms with Gasteiger partial charge in [-0.3, -0.25) is 19.1 Å². The number of piperidine rings is 1. The van der Waals surface area contributed by atoms with Gasteiger partial charge in [0, 0.05) is 22.8 Å². The lowest BCUT2D eigenvalue weighted by molar-refractivity contribution is -0.141. The first-order valence-corrected chi connectivity index (χ1v) is 10.9. The highest BCUT2D eigenvalue weighted by molar-refractivity contribution is 6.05. The first-order valence-electron chi connectivity index (χ1n) is 10.9. The van der Waals surface area contributed by atoms with Gasteiger partial charge in [0.1, 0.15) is 18.4 Å². The number of anilines is 2. The van der Waals surface area contributed by atoms with Crippen LogP contribution in [0.15, 0.2) is 36.4 Å². The van der Waals surface area contributed by atoms with Crippen LogP contribution >= 0.6 is 0 Å². The molecule has 10 heteroatoms. The molecule has 3 amide bonds. The Hall–Kier alpha value is -3.95. The van der Waals surface area contributed by atoms with Gasteiger partial charge in [0.15, 0.2) is 5.69 Å². The highest BCUT2D eigenvalue weighted by Crippen LogP contribution is 2.43. The lowest BCUT2D eigenvalue weighted by Gasteiger charge is -2.34. The van der Waals surface area contributed by atoms with Crippen LogP contribution in [0.2, 0.25) is 0 Å². The molecule has 2 fully saturated rings. The molecular weight excluding hydrogens is 422 g/mol. The number of nitrogens with zero attached hydrogens (tertiary/aromatic N) is 4. The van der Waals surface area contributed by atoms with Crippen molar-refractivity contribution in [3.8, 4) is 0 Å². The van der Waals surface area contributed by atoms with E-state index in [0.717, 1.165) is 25.0 Å². The largest absolute Gasteiger partial charge is 0.399 e. The molecule has 5 N–H and O–H groups in total.